The fourth-order valence-electron chi connectivity index (χ4n) is 5.83. The second kappa shape index (κ2) is 12.8. The summed E-state index contributed by atoms with van der Waals surface area (Å²) in [6.45, 7) is 2.33. The summed E-state index contributed by atoms with van der Waals surface area (Å²) in [5.41, 5.74) is 3.25. The molecule has 0 radical (unpaired) electrons. The van der Waals surface area contributed by atoms with Crippen LogP contribution in [-0.2, 0) is 0 Å². The van der Waals surface area contributed by atoms with Gasteiger partial charge in [-0.3, -0.25) is 42.1 Å². The zero-order chi connectivity index (χ0) is 23.9. The zero-order valence-corrected chi connectivity index (χ0v) is 21.1. The van der Waals surface area contributed by atoms with Crippen LogP contribution in [0.1, 0.15) is 84.0 Å². The minimum absolute atomic E-state index is 0.0706. The number of alkyl halides is 1. The highest BCUT2D eigenvalue weighted by atomic mass is 35.5. The van der Waals surface area contributed by atoms with Gasteiger partial charge in [0.2, 0.25) is 6.04 Å². The lowest BCUT2D eigenvalue weighted by molar-refractivity contribution is -0.526. The van der Waals surface area contributed by atoms with Crippen LogP contribution in [0.3, 0.4) is 0 Å². The van der Waals surface area contributed by atoms with Gasteiger partial charge in [0.25, 0.3) is 0 Å². The van der Waals surface area contributed by atoms with Gasteiger partial charge < -0.3 is 0 Å². The first-order valence-electron chi connectivity index (χ1n) is 13.3. The van der Waals surface area contributed by atoms with Crippen molar-refractivity contribution in [2.75, 3.05) is 0 Å². The summed E-state index contributed by atoms with van der Waals surface area (Å²) in [6.07, 6.45) is 13.8. The van der Waals surface area contributed by atoms with Crippen LogP contribution in [-0.4, -0.2) is 53.5 Å². The molecule has 194 valence electrons. The molecule has 4 aliphatic rings. The molecule has 11 heteroatoms. The molecule has 4 rings (SSSR count). The molecule has 3 aliphatic carbocycles. The van der Waals surface area contributed by atoms with Gasteiger partial charge in [-0.25, -0.2) is 0 Å². The summed E-state index contributed by atoms with van der Waals surface area (Å²) in [7, 11) is 0. The van der Waals surface area contributed by atoms with Gasteiger partial charge in [-0.05, 0) is 63.2 Å². The molecule has 34 heavy (non-hydrogen) atoms. The predicted octanol–water partition coefficient (Wildman–Crippen LogP) is 2.34. The van der Waals surface area contributed by atoms with Crippen LogP contribution >= 0.6 is 11.6 Å². The standard InChI is InChI=1S/C23H43ClN8O2/c1-15-4-2-3-5-20(15)27-22-28-21(26-18-10-12-19(13-11-18)32(33)34)29-23(30-22)31-25-14-16-6-8-17(24)9-7-16/h14-23,26-31H,2-13H2,1H3/b25-14+. The van der Waals surface area contributed by atoms with Crippen molar-refractivity contribution in [3.05, 3.63) is 10.1 Å². The quantitative estimate of drug-likeness (QED) is 0.130. The monoisotopic (exact) mass is 498 g/mol. The summed E-state index contributed by atoms with van der Waals surface area (Å²) >= 11 is 6.23. The number of halogens is 1. The molecule has 0 aromatic heterocycles. The Morgan fingerprint density at radius 3 is 2.21 bits per heavy atom. The normalized spacial score (nSPS) is 41.9. The van der Waals surface area contributed by atoms with E-state index in [9.17, 15) is 10.1 Å². The van der Waals surface area contributed by atoms with Gasteiger partial charge in [-0.1, -0.05) is 19.8 Å². The number of rotatable bonds is 8. The molecular weight excluding hydrogens is 456 g/mol. The molecule has 1 heterocycles. The summed E-state index contributed by atoms with van der Waals surface area (Å²) < 4.78 is 0. The molecule has 4 fully saturated rings. The Hall–Kier alpha value is -1.04. The first kappa shape index (κ1) is 26.0. The zero-order valence-electron chi connectivity index (χ0n) is 20.3. The van der Waals surface area contributed by atoms with E-state index in [1.54, 1.807) is 0 Å². The highest BCUT2D eigenvalue weighted by molar-refractivity contribution is 6.20. The van der Waals surface area contributed by atoms with E-state index < -0.39 is 6.04 Å². The predicted molar refractivity (Wildman–Crippen MR) is 135 cm³/mol. The second-order valence-corrected chi connectivity index (χ2v) is 11.3. The first-order valence-corrected chi connectivity index (χ1v) is 13.8. The molecule has 5 unspecified atom stereocenters. The lowest BCUT2D eigenvalue weighted by Crippen LogP contribution is -2.78. The lowest BCUT2D eigenvalue weighted by Gasteiger charge is -2.43. The molecule has 0 aromatic carbocycles. The average Bonchev–Trinajstić information content (AvgIpc) is 2.82. The Balaban J connectivity index is 1.31. The van der Waals surface area contributed by atoms with Crippen LogP contribution < -0.4 is 32.0 Å². The van der Waals surface area contributed by atoms with E-state index in [1.807, 2.05) is 6.21 Å². The maximum atomic E-state index is 11.1. The van der Waals surface area contributed by atoms with E-state index in [0.29, 0.717) is 36.1 Å². The van der Waals surface area contributed by atoms with E-state index in [0.717, 1.165) is 38.5 Å². The van der Waals surface area contributed by atoms with Gasteiger partial charge in [0.1, 0.15) is 12.6 Å². The molecule has 0 aromatic rings. The topological polar surface area (TPSA) is 128 Å². The van der Waals surface area contributed by atoms with E-state index >= 15 is 0 Å². The van der Waals surface area contributed by atoms with Crippen LogP contribution in [0, 0.1) is 22.0 Å². The second-order valence-electron chi connectivity index (χ2n) is 10.7. The van der Waals surface area contributed by atoms with E-state index in [2.05, 4.69) is 44.0 Å². The maximum Gasteiger partial charge on any atom is 0.213 e. The number of hydrazone groups is 1. The van der Waals surface area contributed by atoms with Crippen LogP contribution in [0.2, 0.25) is 0 Å². The number of nitro groups is 1. The van der Waals surface area contributed by atoms with Gasteiger partial charge in [0, 0.05) is 41.4 Å². The third-order valence-corrected chi connectivity index (χ3v) is 8.52. The maximum absolute atomic E-state index is 11.1. The van der Waals surface area contributed by atoms with Crippen LogP contribution in [0.15, 0.2) is 5.10 Å². The highest BCUT2D eigenvalue weighted by Crippen LogP contribution is 2.26. The number of nitrogens with zero attached hydrogens (tertiary/aromatic N) is 2. The number of hydrogen-bond donors (Lipinski definition) is 6. The summed E-state index contributed by atoms with van der Waals surface area (Å²) in [5.74, 6) is 1.13. The summed E-state index contributed by atoms with van der Waals surface area (Å²) in [5, 5.41) is 34.0. The van der Waals surface area contributed by atoms with Gasteiger partial charge >= 0.3 is 0 Å². The molecule has 3 saturated carbocycles. The first-order chi connectivity index (χ1) is 16.5. The van der Waals surface area contributed by atoms with Crippen molar-refractivity contribution in [2.45, 2.75) is 126 Å². The highest BCUT2D eigenvalue weighted by Gasteiger charge is 2.34. The molecule has 1 saturated heterocycles. The van der Waals surface area contributed by atoms with Crippen molar-refractivity contribution >= 4 is 17.8 Å². The van der Waals surface area contributed by atoms with Crippen molar-refractivity contribution in [1.82, 2.24) is 32.0 Å². The fraction of sp³-hybridized carbons (Fsp3) is 0.957. The van der Waals surface area contributed by atoms with E-state index in [-0.39, 0.29) is 29.8 Å². The van der Waals surface area contributed by atoms with Crippen LogP contribution in [0.5, 0.6) is 0 Å². The molecule has 0 spiro atoms. The van der Waals surface area contributed by atoms with Crippen molar-refractivity contribution in [3.63, 3.8) is 0 Å². The summed E-state index contributed by atoms with van der Waals surface area (Å²) in [4.78, 5) is 11.0. The van der Waals surface area contributed by atoms with E-state index in [1.165, 1.54) is 25.7 Å². The smallest absolute Gasteiger partial charge is 0.213 e. The minimum Gasteiger partial charge on any atom is -0.287 e. The minimum atomic E-state index is -0.396. The number of nitrogens with one attached hydrogen (secondary N) is 6. The molecular formula is C23H43ClN8O2. The molecule has 0 bridgehead atoms. The van der Waals surface area contributed by atoms with Gasteiger partial charge in [0.15, 0.2) is 6.29 Å². The summed E-state index contributed by atoms with van der Waals surface area (Å²) in [6, 6.07) is 0.332. The van der Waals surface area contributed by atoms with Gasteiger partial charge in [-0.2, -0.15) is 5.10 Å². The largest absolute Gasteiger partial charge is 0.287 e. The molecule has 5 atom stereocenters. The average molecular weight is 499 g/mol. The fourth-order valence-corrected chi connectivity index (χ4v) is 6.08. The van der Waals surface area contributed by atoms with Gasteiger partial charge in [-0.15, -0.1) is 11.6 Å². The Morgan fingerprint density at radius 2 is 1.53 bits per heavy atom. The molecule has 10 nitrogen and oxygen atoms in total. The molecule has 1 aliphatic heterocycles. The van der Waals surface area contributed by atoms with Crippen molar-refractivity contribution in [3.8, 4) is 0 Å². The Morgan fingerprint density at radius 1 is 0.882 bits per heavy atom. The van der Waals surface area contributed by atoms with Crippen molar-refractivity contribution in [2.24, 2.45) is 16.9 Å². The van der Waals surface area contributed by atoms with Crippen LogP contribution in [0.4, 0.5) is 0 Å². The molecule has 0 amide bonds. The van der Waals surface area contributed by atoms with Crippen molar-refractivity contribution in [1.29, 1.82) is 0 Å². The third-order valence-electron chi connectivity index (χ3n) is 8.08. The lowest BCUT2D eigenvalue weighted by atomic mass is 9.86. The SMILES string of the molecule is CC1CCCCC1NC1NC(N/N=C/C2CCC(Cl)CC2)NC(NC2CCC([N+](=O)[O-])CC2)N1. The number of hydrogen-bond acceptors (Lipinski definition) is 9. The third kappa shape index (κ3) is 7.73. The Bertz CT molecular complexity index is 669. The van der Waals surface area contributed by atoms with Gasteiger partial charge in [0.05, 0.1) is 0 Å². The molecule has 6 N–H and O–H groups in total. The van der Waals surface area contributed by atoms with Crippen LogP contribution in [0.25, 0.3) is 0 Å². The van der Waals surface area contributed by atoms with E-state index in [4.69, 9.17) is 11.6 Å². The Labute approximate surface area is 208 Å². The van der Waals surface area contributed by atoms with Crippen molar-refractivity contribution < 1.29 is 4.92 Å². The Kier molecular flexibility index (Phi) is 9.79.